The Morgan fingerprint density at radius 1 is 1.48 bits per heavy atom. The number of anilines is 1. The van der Waals surface area contributed by atoms with Crippen LogP contribution in [0.4, 0.5) is 14.5 Å². The van der Waals surface area contributed by atoms with Crippen LogP contribution in [0.15, 0.2) is 23.2 Å². The number of carbonyl (C=O) groups is 1. The highest BCUT2D eigenvalue weighted by Gasteiger charge is 2.52. The van der Waals surface area contributed by atoms with E-state index in [-0.39, 0.29) is 25.2 Å². The highest BCUT2D eigenvalue weighted by atomic mass is 32.2. The lowest BCUT2D eigenvalue weighted by Gasteiger charge is -2.45. The van der Waals surface area contributed by atoms with Crippen molar-refractivity contribution in [1.29, 1.82) is 0 Å². The van der Waals surface area contributed by atoms with Crippen molar-refractivity contribution < 1.29 is 23.0 Å². The van der Waals surface area contributed by atoms with Gasteiger partial charge < -0.3 is 15.2 Å². The third-order valence-electron chi connectivity index (χ3n) is 4.58. The van der Waals surface area contributed by atoms with Gasteiger partial charge in [-0.15, -0.1) is 11.8 Å². The molecule has 3 atom stereocenters. The number of esters is 1. The average molecular weight is 398 g/mol. The number of rotatable bonds is 3. The fourth-order valence-electron chi connectivity index (χ4n) is 3.45. The standard InChI is InChI=1S/C19H24F2N2O3S/c1-18(2,3)26-17(24)7-16-23-19(12-6-11(22)4-5-14(12)20)10-25-8-15(21)13(19)9-27-16/h4-6,13,15H,7-10,22H2,1-3H3/t13-,15-,19-/m1/s1. The van der Waals surface area contributed by atoms with Crippen molar-refractivity contribution in [3.8, 4) is 0 Å². The van der Waals surface area contributed by atoms with E-state index in [1.165, 1.54) is 30.0 Å². The SMILES string of the molecule is CC(C)(C)OC(=O)CC1=N[C@@]2(c3cc(N)ccc3F)COC[C@@H](F)[C@H]2CS1. The van der Waals surface area contributed by atoms with Gasteiger partial charge in [-0.3, -0.25) is 9.79 Å². The third-order valence-corrected chi connectivity index (χ3v) is 5.67. The Kier molecular flexibility index (Phi) is 5.49. The highest BCUT2D eigenvalue weighted by molar-refractivity contribution is 8.14. The largest absolute Gasteiger partial charge is 0.460 e. The van der Waals surface area contributed by atoms with Crippen molar-refractivity contribution in [2.75, 3.05) is 24.7 Å². The van der Waals surface area contributed by atoms with Gasteiger partial charge in [0, 0.05) is 22.9 Å². The summed E-state index contributed by atoms with van der Waals surface area (Å²) in [7, 11) is 0. The van der Waals surface area contributed by atoms with Gasteiger partial charge in [-0.05, 0) is 39.0 Å². The molecule has 0 unspecified atom stereocenters. The zero-order chi connectivity index (χ0) is 19.8. The van der Waals surface area contributed by atoms with Crippen LogP contribution in [0.25, 0.3) is 0 Å². The molecule has 0 radical (unpaired) electrons. The van der Waals surface area contributed by atoms with Gasteiger partial charge in [-0.1, -0.05) is 0 Å². The van der Waals surface area contributed by atoms with E-state index in [4.69, 9.17) is 15.2 Å². The van der Waals surface area contributed by atoms with E-state index in [0.717, 1.165) is 0 Å². The first-order valence-corrected chi connectivity index (χ1v) is 9.80. The topological polar surface area (TPSA) is 73.9 Å². The van der Waals surface area contributed by atoms with E-state index < -0.39 is 35.0 Å². The molecule has 2 heterocycles. The van der Waals surface area contributed by atoms with Crippen molar-refractivity contribution in [1.82, 2.24) is 0 Å². The molecule has 1 fully saturated rings. The summed E-state index contributed by atoms with van der Waals surface area (Å²) in [5, 5.41) is 0.486. The quantitative estimate of drug-likeness (QED) is 0.623. The Bertz CT molecular complexity index is 766. The number of hydrogen-bond donors (Lipinski definition) is 1. The van der Waals surface area contributed by atoms with Crippen LogP contribution in [0.5, 0.6) is 0 Å². The van der Waals surface area contributed by atoms with E-state index in [1.807, 2.05) is 0 Å². The number of ether oxygens (including phenoxy) is 2. The molecule has 0 bridgehead atoms. The molecule has 0 aromatic heterocycles. The van der Waals surface area contributed by atoms with E-state index in [0.29, 0.717) is 16.5 Å². The summed E-state index contributed by atoms with van der Waals surface area (Å²) in [5.74, 6) is -1.13. The van der Waals surface area contributed by atoms with Crippen molar-refractivity contribution in [3.63, 3.8) is 0 Å². The molecule has 3 rings (SSSR count). The number of fused-ring (bicyclic) bond motifs is 1. The minimum atomic E-state index is -1.28. The Labute approximate surface area is 161 Å². The van der Waals surface area contributed by atoms with Crippen LogP contribution in [0.1, 0.15) is 32.8 Å². The molecule has 0 saturated carbocycles. The van der Waals surface area contributed by atoms with Crippen LogP contribution >= 0.6 is 11.8 Å². The average Bonchev–Trinajstić information content (AvgIpc) is 2.55. The third kappa shape index (κ3) is 4.27. The number of nitrogen functional groups attached to an aromatic ring is 1. The first-order valence-electron chi connectivity index (χ1n) is 8.81. The molecule has 27 heavy (non-hydrogen) atoms. The van der Waals surface area contributed by atoms with E-state index in [1.54, 1.807) is 20.8 Å². The van der Waals surface area contributed by atoms with Crippen LogP contribution < -0.4 is 5.73 Å². The summed E-state index contributed by atoms with van der Waals surface area (Å²) in [6.45, 7) is 5.33. The Balaban J connectivity index is 1.99. The predicted octanol–water partition coefficient (Wildman–Crippen LogP) is 3.46. The summed E-state index contributed by atoms with van der Waals surface area (Å²) >= 11 is 1.31. The smallest absolute Gasteiger partial charge is 0.312 e. The fourth-order valence-corrected chi connectivity index (χ4v) is 4.76. The molecular weight excluding hydrogens is 374 g/mol. The molecule has 2 N–H and O–H groups in total. The second-order valence-corrected chi connectivity index (χ2v) is 8.97. The number of halogens is 2. The van der Waals surface area contributed by atoms with Gasteiger partial charge in [0.1, 0.15) is 23.1 Å². The lowest BCUT2D eigenvalue weighted by molar-refractivity contribution is -0.153. The first-order chi connectivity index (χ1) is 12.6. The normalized spacial score (nSPS) is 28.3. The van der Waals surface area contributed by atoms with Gasteiger partial charge in [0.05, 0.1) is 24.7 Å². The molecule has 0 amide bonds. The highest BCUT2D eigenvalue weighted by Crippen LogP contribution is 2.47. The number of aliphatic imine (C=N–C) groups is 1. The predicted molar refractivity (Wildman–Crippen MR) is 102 cm³/mol. The maximum absolute atomic E-state index is 14.7. The molecule has 5 nitrogen and oxygen atoms in total. The summed E-state index contributed by atoms with van der Waals surface area (Å²) in [6, 6.07) is 4.18. The summed E-state index contributed by atoms with van der Waals surface area (Å²) in [6.07, 6.45) is -1.32. The van der Waals surface area contributed by atoms with Crippen LogP contribution in [0, 0.1) is 11.7 Å². The minimum absolute atomic E-state index is 0.0385. The van der Waals surface area contributed by atoms with Crippen LogP contribution in [0.3, 0.4) is 0 Å². The number of thioether (sulfide) groups is 1. The van der Waals surface area contributed by atoms with E-state index >= 15 is 0 Å². The van der Waals surface area contributed by atoms with Gasteiger partial charge >= 0.3 is 5.97 Å². The molecule has 1 saturated heterocycles. The number of alkyl halides is 1. The van der Waals surface area contributed by atoms with Gasteiger partial charge in [0.25, 0.3) is 0 Å². The molecule has 1 aromatic carbocycles. The van der Waals surface area contributed by atoms with Crippen molar-refractivity contribution >= 4 is 28.5 Å². The zero-order valence-electron chi connectivity index (χ0n) is 15.6. The lowest BCUT2D eigenvalue weighted by Crippen LogP contribution is -2.52. The van der Waals surface area contributed by atoms with E-state index in [2.05, 4.69) is 4.99 Å². The van der Waals surface area contributed by atoms with Crippen LogP contribution in [0.2, 0.25) is 0 Å². The Hall–Kier alpha value is -1.67. The molecule has 2 aliphatic heterocycles. The van der Waals surface area contributed by atoms with Crippen LogP contribution in [-0.2, 0) is 19.8 Å². The van der Waals surface area contributed by atoms with Gasteiger partial charge in [-0.2, -0.15) is 0 Å². The van der Waals surface area contributed by atoms with Gasteiger partial charge in [-0.25, -0.2) is 8.78 Å². The van der Waals surface area contributed by atoms with Crippen LogP contribution in [-0.4, -0.2) is 41.8 Å². The molecule has 2 aliphatic rings. The molecule has 1 aromatic rings. The molecule has 0 spiro atoms. The maximum Gasteiger partial charge on any atom is 0.312 e. The minimum Gasteiger partial charge on any atom is -0.460 e. The van der Waals surface area contributed by atoms with Gasteiger partial charge in [0.15, 0.2) is 0 Å². The molecule has 148 valence electrons. The first kappa shape index (κ1) is 20.1. The fraction of sp³-hybridized carbons (Fsp3) is 0.579. The molecule has 0 aliphatic carbocycles. The number of hydrogen-bond acceptors (Lipinski definition) is 6. The maximum atomic E-state index is 14.7. The summed E-state index contributed by atoms with van der Waals surface area (Å²) < 4.78 is 40.1. The zero-order valence-corrected chi connectivity index (χ0v) is 16.4. The monoisotopic (exact) mass is 398 g/mol. The summed E-state index contributed by atoms with van der Waals surface area (Å²) in [5.41, 5.74) is 4.56. The lowest BCUT2D eigenvalue weighted by atomic mass is 9.75. The second kappa shape index (κ2) is 7.39. The number of carbonyl (C=O) groups excluding carboxylic acids is 1. The Morgan fingerprint density at radius 2 is 2.22 bits per heavy atom. The van der Waals surface area contributed by atoms with E-state index in [9.17, 15) is 13.6 Å². The second-order valence-electron chi connectivity index (χ2n) is 7.88. The van der Waals surface area contributed by atoms with Crippen molar-refractivity contribution in [3.05, 3.63) is 29.6 Å². The molecular formula is C19H24F2N2O3S. The van der Waals surface area contributed by atoms with Crippen molar-refractivity contribution in [2.24, 2.45) is 10.9 Å². The molecule has 8 heteroatoms. The number of nitrogens with two attached hydrogens (primary N) is 1. The number of nitrogens with zero attached hydrogens (tertiary/aromatic N) is 1. The van der Waals surface area contributed by atoms with Crippen molar-refractivity contribution in [2.45, 2.75) is 44.5 Å². The summed E-state index contributed by atoms with van der Waals surface area (Å²) in [4.78, 5) is 16.8. The Morgan fingerprint density at radius 3 is 2.93 bits per heavy atom. The number of benzene rings is 1. The van der Waals surface area contributed by atoms with Gasteiger partial charge in [0.2, 0.25) is 0 Å².